The monoisotopic (exact) mass is 262 g/mol. The molecular formula is C10H6ClF3N2O. The molecule has 1 aromatic carbocycles. The number of nitrogens with zero attached hydrogens (tertiary/aromatic N) is 1. The summed E-state index contributed by atoms with van der Waals surface area (Å²) < 4.78 is 37.4. The van der Waals surface area contributed by atoms with Crippen LogP contribution < -0.4 is 5.32 Å². The smallest absolute Gasteiger partial charge is 0.325 e. The molecule has 0 spiro atoms. The van der Waals surface area contributed by atoms with E-state index in [0.717, 1.165) is 12.1 Å². The lowest BCUT2D eigenvalue weighted by Crippen LogP contribution is -2.12. The second-order valence-electron chi connectivity index (χ2n) is 3.08. The summed E-state index contributed by atoms with van der Waals surface area (Å²) in [6, 6.07) is 4.57. The molecular weight excluding hydrogens is 257 g/mol. The highest BCUT2D eigenvalue weighted by molar-refractivity contribution is 6.31. The normalized spacial score (nSPS) is 10.8. The van der Waals surface area contributed by atoms with E-state index in [2.05, 4.69) is 5.32 Å². The first kappa shape index (κ1) is 13.3. The van der Waals surface area contributed by atoms with Gasteiger partial charge in [-0.1, -0.05) is 11.6 Å². The van der Waals surface area contributed by atoms with E-state index in [-0.39, 0.29) is 5.69 Å². The van der Waals surface area contributed by atoms with Gasteiger partial charge in [0.05, 0.1) is 16.7 Å². The molecule has 0 atom stereocenters. The predicted octanol–water partition coefficient (Wildman–Crippen LogP) is 3.21. The largest absolute Gasteiger partial charge is 0.417 e. The lowest BCUT2D eigenvalue weighted by molar-refractivity contribution is -0.137. The number of halogens is 4. The minimum Gasteiger partial charge on any atom is -0.325 e. The van der Waals surface area contributed by atoms with E-state index in [1.54, 1.807) is 6.07 Å². The third-order valence-corrected chi connectivity index (χ3v) is 2.12. The fourth-order valence-electron chi connectivity index (χ4n) is 1.10. The molecule has 0 radical (unpaired) electrons. The summed E-state index contributed by atoms with van der Waals surface area (Å²) in [4.78, 5) is 11.0. The second-order valence-corrected chi connectivity index (χ2v) is 3.48. The summed E-state index contributed by atoms with van der Waals surface area (Å²) in [6.07, 6.45) is -5.02. The quantitative estimate of drug-likeness (QED) is 0.890. The Kier molecular flexibility index (Phi) is 3.97. The SMILES string of the molecule is N#CCC(=O)Nc1ccc(Cl)c(C(F)(F)F)c1. The maximum atomic E-state index is 12.5. The third-order valence-electron chi connectivity index (χ3n) is 1.80. The number of nitriles is 1. The summed E-state index contributed by atoms with van der Waals surface area (Å²) in [6.45, 7) is 0. The molecule has 0 fully saturated rings. The van der Waals surface area contributed by atoms with Gasteiger partial charge in [-0.25, -0.2) is 0 Å². The minimum atomic E-state index is -4.59. The van der Waals surface area contributed by atoms with Crippen molar-refractivity contribution in [2.45, 2.75) is 12.6 Å². The average molecular weight is 263 g/mol. The van der Waals surface area contributed by atoms with Crippen LogP contribution in [0, 0.1) is 11.3 Å². The van der Waals surface area contributed by atoms with Crippen LogP contribution in [0.25, 0.3) is 0 Å². The van der Waals surface area contributed by atoms with Gasteiger partial charge in [-0.15, -0.1) is 0 Å². The molecule has 1 aromatic rings. The molecule has 0 bridgehead atoms. The Labute approximate surface area is 99.8 Å². The standard InChI is InChI=1S/C10H6ClF3N2O/c11-8-2-1-6(16-9(17)3-4-15)5-7(8)10(12,13)14/h1-2,5H,3H2,(H,16,17). The van der Waals surface area contributed by atoms with E-state index >= 15 is 0 Å². The number of alkyl halides is 3. The molecule has 1 N–H and O–H groups in total. The van der Waals surface area contributed by atoms with Gasteiger partial charge in [0.1, 0.15) is 6.42 Å². The first-order chi connectivity index (χ1) is 7.84. The van der Waals surface area contributed by atoms with Crippen molar-refractivity contribution in [3.8, 4) is 6.07 Å². The zero-order valence-electron chi connectivity index (χ0n) is 8.31. The van der Waals surface area contributed by atoms with Crippen molar-refractivity contribution in [1.82, 2.24) is 0 Å². The highest BCUT2D eigenvalue weighted by Crippen LogP contribution is 2.36. The zero-order chi connectivity index (χ0) is 13.1. The summed E-state index contributed by atoms with van der Waals surface area (Å²) in [5, 5.41) is 9.94. The molecule has 0 aliphatic rings. The number of nitrogens with one attached hydrogen (secondary N) is 1. The number of hydrogen-bond donors (Lipinski definition) is 1. The molecule has 0 saturated carbocycles. The van der Waals surface area contributed by atoms with Gasteiger partial charge >= 0.3 is 6.18 Å². The zero-order valence-corrected chi connectivity index (χ0v) is 9.06. The average Bonchev–Trinajstić information content (AvgIpc) is 2.19. The Morgan fingerprint density at radius 1 is 1.47 bits per heavy atom. The van der Waals surface area contributed by atoms with Gasteiger partial charge in [-0.3, -0.25) is 4.79 Å². The van der Waals surface area contributed by atoms with Crippen LogP contribution in [0.4, 0.5) is 18.9 Å². The topological polar surface area (TPSA) is 52.9 Å². The van der Waals surface area contributed by atoms with E-state index in [9.17, 15) is 18.0 Å². The Morgan fingerprint density at radius 3 is 2.65 bits per heavy atom. The summed E-state index contributed by atoms with van der Waals surface area (Å²) in [7, 11) is 0. The fraction of sp³-hybridized carbons (Fsp3) is 0.200. The van der Waals surface area contributed by atoms with Crippen LogP contribution in [0.2, 0.25) is 5.02 Å². The Bertz CT molecular complexity index is 479. The number of hydrogen-bond acceptors (Lipinski definition) is 2. The molecule has 0 unspecified atom stereocenters. The van der Waals surface area contributed by atoms with E-state index in [1.807, 2.05) is 0 Å². The summed E-state index contributed by atoms with van der Waals surface area (Å²) in [5.41, 5.74) is -1.09. The van der Waals surface area contributed by atoms with Crippen molar-refractivity contribution in [1.29, 1.82) is 5.26 Å². The van der Waals surface area contributed by atoms with Crippen LogP contribution in [0.5, 0.6) is 0 Å². The van der Waals surface area contributed by atoms with Crippen LogP contribution in [0.15, 0.2) is 18.2 Å². The maximum absolute atomic E-state index is 12.5. The molecule has 7 heteroatoms. The van der Waals surface area contributed by atoms with Gasteiger partial charge in [0.2, 0.25) is 5.91 Å². The minimum absolute atomic E-state index is 0.0537. The van der Waals surface area contributed by atoms with Crippen molar-refractivity contribution >= 4 is 23.2 Å². The van der Waals surface area contributed by atoms with Gasteiger partial charge in [0.15, 0.2) is 0 Å². The first-order valence-corrected chi connectivity index (χ1v) is 4.76. The van der Waals surface area contributed by atoms with Crippen molar-refractivity contribution in [2.24, 2.45) is 0 Å². The highest BCUT2D eigenvalue weighted by Gasteiger charge is 2.33. The third kappa shape index (κ3) is 3.64. The van der Waals surface area contributed by atoms with Crippen LogP contribution in [0.3, 0.4) is 0 Å². The number of anilines is 1. The lowest BCUT2D eigenvalue weighted by Gasteiger charge is -2.11. The van der Waals surface area contributed by atoms with Crippen molar-refractivity contribution in [3.05, 3.63) is 28.8 Å². The highest BCUT2D eigenvalue weighted by atomic mass is 35.5. The molecule has 3 nitrogen and oxygen atoms in total. The Morgan fingerprint density at radius 2 is 2.12 bits per heavy atom. The maximum Gasteiger partial charge on any atom is 0.417 e. The molecule has 0 aromatic heterocycles. The van der Waals surface area contributed by atoms with E-state index in [0.29, 0.717) is 0 Å². The molecule has 1 rings (SSSR count). The Balaban J connectivity index is 2.98. The molecule has 0 aliphatic carbocycles. The Hall–Kier alpha value is -1.74. The molecule has 0 saturated heterocycles. The van der Waals surface area contributed by atoms with Gasteiger partial charge in [0.25, 0.3) is 0 Å². The molecule has 1 amide bonds. The van der Waals surface area contributed by atoms with Gasteiger partial charge < -0.3 is 5.32 Å². The number of rotatable bonds is 2. The van der Waals surface area contributed by atoms with Gasteiger partial charge in [-0.05, 0) is 18.2 Å². The van der Waals surface area contributed by atoms with Gasteiger partial charge in [0, 0.05) is 5.69 Å². The lowest BCUT2D eigenvalue weighted by atomic mass is 10.2. The summed E-state index contributed by atoms with van der Waals surface area (Å²) in [5.74, 6) is -0.678. The fourth-order valence-corrected chi connectivity index (χ4v) is 1.32. The second kappa shape index (κ2) is 5.06. The summed E-state index contributed by atoms with van der Waals surface area (Å²) >= 11 is 5.39. The van der Waals surface area contributed by atoms with E-state index in [4.69, 9.17) is 16.9 Å². The van der Waals surface area contributed by atoms with Gasteiger partial charge in [-0.2, -0.15) is 18.4 Å². The van der Waals surface area contributed by atoms with Crippen LogP contribution in [0.1, 0.15) is 12.0 Å². The van der Waals surface area contributed by atoms with Crippen molar-refractivity contribution in [3.63, 3.8) is 0 Å². The number of carbonyl (C=O) groups is 1. The number of amides is 1. The molecule has 17 heavy (non-hydrogen) atoms. The molecule has 0 heterocycles. The van der Waals surface area contributed by atoms with Crippen molar-refractivity contribution < 1.29 is 18.0 Å². The first-order valence-electron chi connectivity index (χ1n) is 4.38. The van der Waals surface area contributed by atoms with E-state index in [1.165, 1.54) is 6.07 Å². The van der Waals surface area contributed by atoms with Crippen LogP contribution in [-0.4, -0.2) is 5.91 Å². The number of benzene rings is 1. The van der Waals surface area contributed by atoms with Crippen LogP contribution >= 0.6 is 11.6 Å². The van der Waals surface area contributed by atoms with Crippen molar-refractivity contribution in [2.75, 3.05) is 5.32 Å². The molecule has 0 aliphatic heterocycles. The van der Waals surface area contributed by atoms with Crippen LogP contribution in [-0.2, 0) is 11.0 Å². The van der Waals surface area contributed by atoms with E-state index < -0.39 is 29.1 Å². The predicted molar refractivity (Wildman–Crippen MR) is 55.3 cm³/mol. The number of carbonyl (C=O) groups excluding carboxylic acids is 1. The molecule has 90 valence electrons.